The Balaban J connectivity index is 1.95. The van der Waals surface area contributed by atoms with Crippen molar-refractivity contribution in [2.75, 3.05) is 0 Å². The van der Waals surface area contributed by atoms with Gasteiger partial charge in [0.05, 0.1) is 6.54 Å². The molecule has 1 aromatic carbocycles. The first kappa shape index (κ1) is 17.2. The number of hydrogen-bond donors (Lipinski definition) is 1. The predicted molar refractivity (Wildman–Crippen MR) is 71.0 cm³/mol. The Bertz CT molecular complexity index is 1020. The summed E-state index contributed by atoms with van der Waals surface area (Å²) in [6.07, 6.45) is 2.85. The number of nitrogens with one attached hydrogen (secondary N) is 1. The summed E-state index contributed by atoms with van der Waals surface area (Å²) < 4.78 is 93.3. The van der Waals surface area contributed by atoms with E-state index in [1.165, 1.54) is 23.0 Å². The molecule has 0 aliphatic rings. The van der Waals surface area contributed by atoms with E-state index in [0.29, 0.717) is 0 Å². The van der Waals surface area contributed by atoms with E-state index in [-0.39, 0.29) is 11.6 Å². The lowest BCUT2D eigenvalue weighted by atomic mass is 10.3. The fourth-order valence-corrected chi connectivity index (χ4v) is 3.02. The van der Waals surface area contributed by atoms with Gasteiger partial charge in [-0.05, 0) is 6.07 Å². The van der Waals surface area contributed by atoms with E-state index in [4.69, 9.17) is 0 Å². The van der Waals surface area contributed by atoms with Gasteiger partial charge in [0.1, 0.15) is 0 Å². The first-order chi connectivity index (χ1) is 11.7. The number of hydrogen-bond acceptors (Lipinski definition) is 5. The molecule has 3 aromatic rings. The lowest BCUT2D eigenvalue weighted by Crippen LogP contribution is -2.27. The molecule has 0 aliphatic carbocycles. The molecule has 1 N–H and O–H groups in total. The van der Waals surface area contributed by atoms with Crippen molar-refractivity contribution in [1.29, 1.82) is 0 Å². The molecule has 132 valence electrons. The molecule has 0 saturated carbocycles. The average molecular weight is 379 g/mol. The highest BCUT2D eigenvalue weighted by Gasteiger charge is 2.33. The molecule has 0 fully saturated rings. The van der Waals surface area contributed by atoms with Gasteiger partial charge in [-0.15, -0.1) is 5.10 Å². The van der Waals surface area contributed by atoms with E-state index >= 15 is 0 Å². The molecule has 0 aliphatic heterocycles. The second-order valence-corrected chi connectivity index (χ2v) is 6.32. The van der Waals surface area contributed by atoms with Crippen molar-refractivity contribution in [1.82, 2.24) is 24.3 Å². The molecule has 13 heteroatoms. The van der Waals surface area contributed by atoms with Crippen LogP contribution in [0.4, 0.5) is 22.0 Å². The Morgan fingerprint density at radius 2 is 1.60 bits per heavy atom. The Hall–Kier alpha value is -2.67. The standard InChI is InChI=1S/C12H6F5N5O2S/c13-6-7(14)9(16)11(10(17)8(6)15)25(23,24)19-4-5-20-12-18-2-1-3-22(12)21-5/h1-3,19H,4H2. The van der Waals surface area contributed by atoms with E-state index in [9.17, 15) is 30.4 Å². The fourth-order valence-electron chi connectivity index (χ4n) is 1.90. The van der Waals surface area contributed by atoms with Gasteiger partial charge >= 0.3 is 0 Å². The first-order valence-electron chi connectivity index (χ1n) is 6.39. The molecule has 0 saturated heterocycles. The zero-order valence-electron chi connectivity index (χ0n) is 11.8. The predicted octanol–water partition coefficient (Wildman–Crippen LogP) is 1.30. The number of sulfonamides is 1. The van der Waals surface area contributed by atoms with Crippen molar-refractivity contribution >= 4 is 15.8 Å². The maximum Gasteiger partial charge on any atom is 0.252 e. The second-order valence-electron chi connectivity index (χ2n) is 4.62. The van der Waals surface area contributed by atoms with Gasteiger partial charge in [0.15, 0.2) is 34.0 Å². The van der Waals surface area contributed by atoms with Gasteiger partial charge in [0.2, 0.25) is 15.8 Å². The smallest absolute Gasteiger partial charge is 0.220 e. The Morgan fingerprint density at radius 1 is 1.00 bits per heavy atom. The minimum Gasteiger partial charge on any atom is -0.220 e. The molecular weight excluding hydrogens is 373 g/mol. The van der Waals surface area contributed by atoms with E-state index in [1.807, 2.05) is 0 Å². The third-order valence-corrected chi connectivity index (χ3v) is 4.44. The molecule has 3 rings (SSSR count). The van der Waals surface area contributed by atoms with Crippen molar-refractivity contribution in [3.05, 3.63) is 53.4 Å². The van der Waals surface area contributed by atoms with Crippen LogP contribution in [0, 0.1) is 29.1 Å². The lowest BCUT2D eigenvalue weighted by Gasteiger charge is -2.09. The molecule has 0 spiro atoms. The molecule has 2 aromatic heterocycles. The minimum absolute atomic E-state index is 0.118. The van der Waals surface area contributed by atoms with Crippen molar-refractivity contribution in [3.8, 4) is 0 Å². The molecule has 0 bridgehead atoms. The van der Waals surface area contributed by atoms with Crippen molar-refractivity contribution < 1.29 is 30.4 Å². The first-order valence-corrected chi connectivity index (χ1v) is 7.88. The normalized spacial score (nSPS) is 12.0. The molecule has 7 nitrogen and oxygen atoms in total. The van der Waals surface area contributed by atoms with Gasteiger partial charge < -0.3 is 0 Å². The van der Waals surface area contributed by atoms with Crippen LogP contribution < -0.4 is 4.72 Å². The lowest BCUT2D eigenvalue weighted by molar-refractivity contribution is 0.357. The summed E-state index contributed by atoms with van der Waals surface area (Å²) >= 11 is 0. The summed E-state index contributed by atoms with van der Waals surface area (Å²) in [5.74, 6) is -12.1. The van der Waals surface area contributed by atoms with Crippen molar-refractivity contribution in [2.24, 2.45) is 0 Å². The number of halogens is 5. The summed E-state index contributed by atoms with van der Waals surface area (Å²) in [5, 5.41) is 3.82. The van der Waals surface area contributed by atoms with E-state index in [1.54, 1.807) is 4.72 Å². The molecule has 0 atom stereocenters. The van der Waals surface area contributed by atoms with Gasteiger partial charge in [0.25, 0.3) is 5.78 Å². The molecule has 25 heavy (non-hydrogen) atoms. The maximum atomic E-state index is 13.6. The largest absolute Gasteiger partial charge is 0.252 e. The molecule has 0 unspecified atom stereocenters. The highest BCUT2D eigenvalue weighted by Crippen LogP contribution is 2.26. The number of fused-ring (bicyclic) bond motifs is 1. The van der Waals surface area contributed by atoms with Crippen molar-refractivity contribution in [2.45, 2.75) is 11.4 Å². The molecule has 2 heterocycles. The van der Waals surface area contributed by atoms with E-state index < -0.39 is 50.5 Å². The average Bonchev–Trinajstić information content (AvgIpc) is 2.99. The monoisotopic (exact) mass is 379 g/mol. The summed E-state index contributed by atoms with van der Waals surface area (Å²) in [4.78, 5) is 5.66. The minimum atomic E-state index is -5.08. The van der Waals surface area contributed by atoms with Crippen LogP contribution in [-0.4, -0.2) is 28.0 Å². The molecular formula is C12H6F5N5O2S. The second kappa shape index (κ2) is 6.00. The highest BCUT2D eigenvalue weighted by molar-refractivity contribution is 7.89. The van der Waals surface area contributed by atoms with E-state index in [2.05, 4.69) is 15.1 Å². The number of aromatic nitrogens is 4. The SMILES string of the molecule is O=S(=O)(NCc1nc2ncccn2n1)c1c(F)c(F)c(F)c(F)c1F. The van der Waals surface area contributed by atoms with Crippen molar-refractivity contribution in [3.63, 3.8) is 0 Å². The Labute approximate surface area is 136 Å². The Kier molecular flexibility index (Phi) is 4.12. The summed E-state index contributed by atoms with van der Waals surface area (Å²) in [6, 6.07) is 1.52. The van der Waals surface area contributed by atoms with Crippen LogP contribution >= 0.6 is 0 Å². The third kappa shape index (κ3) is 2.91. The van der Waals surface area contributed by atoms with Crippen LogP contribution in [0.25, 0.3) is 5.78 Å². The van der Waals surface area contributed by atoms with Crippen LogP contribution in [-0.2, 0) is 16.6 Å². The van der Waals surface area contributed by atoms with Gasteiger partial charge in [-0.2, -0.15) is 4.98 Å². The Morgan fingerprint density at radius 3 is 2.20 bits per heavy atom. The topological polar surface area (TPSA) is 89.2 Å². The van der Waals surface area contributed by atoms with Crippen LogP contribution in [0.2, 0.25) is 0 Å². The number of nitrogens with zero attached hydrogens (tertiary/aromatic N) is 4. The van der Waals surface area contributed by atoms with Gasteiger partial charge in [0, 0.05) is 12.4 Å². The summed E-state index contributed by atoms with van der Waals surface area (Å²) in [5.41, 5.74) is 0. The van der Waals surface area contributed by atoms with Crippen LogP contribution in [0.3, 0.4) is 0 Å². The fraction of sp³-hybridized carbons (Fsp3) is 0.0833. The number of benzene rings is 1. The highest BCUT2D eigenvalue weighted by atomic mass is 32.2. The quantitative estimate of drug-likeness (QED) is 0.419. The molecule has 0 radical (unpaired) electrons. The summed E-state index contributed by atoms with van der Waals surface area (Å²) in [6.45, 7) is -0.662. The molecule has 0 amide bonds. The van der Waals surface area contributed by atoms with Gasteiger partial charge in [-0.1, -0.05) is 0 Å². The van der Waals surface area contributed by atoms with E-state index in [0.717, 1.165) is 0 Å². The van der Waals surface area contributed by atoms with Crippen LogP contribution in [0.15, 0.2) is 23.4 Å². The third-order valence-electron chi connectivity index (χ3n) is 3.02. The van der Waals surface area contributed by atoms with Gasteiger partial charge in [-0.25, -0.2) is 44.6 Å². The maximum absolute atomic E-state index is 13.6. The van der Waals surface area contributed by atoms with Gasteiger partial charge in [-0.3, -0.25) is 0 Å². The summed E-state index contributed by atoms with van der Waals surface area (Å²) in [7, 11) is -5.08. The zero-order valence-corrected chi connectivity index (χ0v) is 12.7. The number of rotatable bonds is 4. The van der Waals surface area contributed by atoms with Crippen LogP contribution in [0.1, 0.15) is 5.82 Å². The van der Waals surface area contributed by atoms with Crippen LogP contribution in [0.5, 0.6) is 0 Å². The zero-order chi connectivity index (χ0) is 18.4.